The van der Waals surface area contributed by atoms with Crippen LogP contribution in [0.4, 0.5) is 0 Å². The Bertz CT molecular complexity index is 1020. The summed E-state index contributed by atoms with van der Waals surface area (Å²) in [6, 6.07) is 12.6. The summed E-state index contributed by atoms with van der Waals surface area (Å²) in [5.41, 5.74) is 3.39. The number of carbonyl (C=O) groups is 2. The van der Waals surface area contributed by atoms with Gasteiger partial charge >= 0.3 is 5.97 Å². The minimum absolute atomic E-state index is 0.0128. The summed E-state index contributed by atoms with van der Waals surface area (Å²) in [6.45, 7) is 3.62. The zero-order valence-electron chi connectivity index (χ0n) is 16.3. The summed E-state index contributed by atoms with van der Waals surface area (Å²) in [5, 5.41) is 12.2. The van der Waals surface area contributed by atoms with Crippen LogP contribution in [0.5, 0.6) is 5.75 Å². The Labute approximate surface area is 172 Å². The Morgan fingerprint density at radius 2 is 1.86 bits per heavy atom. The maximum atomic E-state index is 12.1. The molecule has 0 atom stereocenters. The van der Waals surface area contributed by atoms with Crippen molar-refractivity contribution < 1.29 is 19.1 Å². The van der Waals surface area contributed by atoms with Crippen molar-refractivity contribution in [2.45, 2.75) is 19.0 Å². The fourth-order valence-electron chi connectivity index (χ4n) is 2.54. The lowest BCUT2D eigenvalue weighted by Crippen LogP contribution is -2.16. The molecular formula is C20H20N4O4S. The summed E-state index contributed by atoms with van der Waals surface area (Å²) in [7, 11) is 1.55. The van der Waals surface area contributed by atoms with Crippen LogP contribution in [-0.4, -0.2) is 51.4 Å². The van der Waals surface area contributed by atoms with Crippen molar-refractivity contribution in [2.75, 3.05) is 19.5 Å². The number of thioether (sulfide) groups is 1. The largest absolute Gasteiger partial charge is 0.497 e. The van der Waals surface area contributed by atoms with Gasteiger partial charge in [-0.3, -0.25) is 9.59 Å². The van der Waals surface area contributed by atoms with E-state index in [9.17, 15) is 9.59 Å². The number of benzene rings is 2. The molecule has 1 aromatic heterocycles. The van der Waals surface area contributed by atoms with Crippen molar-refractivity contribution in [1.82, 2.24) is 20.2 Å². The Morgan fingerprint density at radius 3 is 2.59 bits per heavy atom. The fourth-order valence-corrected chi connectivity index (χ4v) is 3.22. The molecule has 0 amide bonds. The van der Waals surface area contributed by atoms with Crippen molar-refractivity contribution in [3.63, 3.8) is 0 Å². The first-order valence-electron chi connectivity index (χ1n) is 8.79. The van der Waals surface area contributed by atoms with Gasteiger partial charge in [-0.15, -0.1) is 5.10 Å². The smallest absolute Gasteiger partial charge is 0.316 e. The van der Waals surface area contributed by atoms with Crippen LogP contribution >= 0.6 is 11.8 Å². The number of carbonyl (C=O) groups excluding carboxylic acids is 2. The first-order chi connectivity index (χ1) is 14.0. The standard InChI is InChI=1S/C20H20N4O4S/c1-13-4-5-14(2)17(10-13)24-20(21-22-23-24)29-12-19(26)28-11-18(25)15-6-8-16(27-3)9-7-15/h4-10H,11-12H2,1-3H3. The van der Waals surface area contributed by atoms with E-state index in [-0.39, 0.29) is 18.1 Å². The highest BCUT2D eigenvalue weighted by Gasteiger charge is 2.15. The van der Waals surface area contributed by atoms with Crippen LogP contribution in [0.1, 0.15) is 21.5 Å². The molecule has 0 saturated carbocycles. The topological polar surface area (TPSA) is 96.2 Å². The molecule has 2 aromatic carbocycles. The van der Waals surface area contributed by atoms with Gasteiger partial charge in [0.25, 0.3) is 0 Å². The van der Waals surface area contributed by atoms with Crippen LogP contribution in [0.2, 0.25) is 0 Å². The Balaban J connectivity index is 1.55. The van der Waals surface area contributed by atoms with Gasteiger partial charge in [0.15, 0.2) is 12.4 Å². The molecule has 0 fully saturated rings. The third kappa shape index (κ3) is 5.20. The number of rotatable bonds is 8. The lowest BCUT2D eigenvalue weighted by atomic mass is 10.1. The summed E-state index contributed by atoms with van der Waals surface area (Å²) < 4.78 is 11.7. The highest BCUT2D eigenvalue weighted by molar-refractivity contribution is 7.99. The summed E-state index contributed by atoms with van der Waals surface area (Å²) >= 11 is 1.15. The monoisotopic (exact) mass is 412 g/mol. The first kappa shape index (κ1) is 20.5. The Hall–Kier alpha value is -3.20. The number of aromatic nitrogens is 4. The second-order valence-corrected chi connectivity index (χ2v) is 7.21. The minimum Gasteiger partial charge on any atom is -0.497 e. The van der Waals surface area contributed by atoms with Crippen LogP contribution in [0.3, 0.4) is 0 Å². The SMILES string of the molecule is COc1ccc(C(=O)COC(=O)CSc2nnnn2-c2cc(C)ccc2C)cc1. The molecule has 0 bridgehead atoms. The van der Waals surface area contributed by atoms with Gasteiger partial charge in [-0.2, -0.15) is 4.68 Å². The van der Waals surface area contributed by atoms with E-state index in [2.05, 4.69) is 15.5 Å². The van der Waals surface area contributed by atoms with Gasteiger partial charge < -0.3 is 9.47 Å². The van der Waals surface area contributed by atoms with Gasteiger partial charge in [-0.05, 0) is 65.7 Å². The predicted molar refractivity (Wildman–Crippen MR) is 108 cm³/mol. The number of aryl methyl sites for hydroxylation is 2. The van der Waals surface area contributed by atoms with Crippen molar-refractivity contribution in [1.29, 1.82) is 0 Å². The molecule has 0 unspecified atom stereocenters. The molecule has 0 radical (unpaired) electrons. The molecule has 150 valence electrons. The molecule has 0 N–H and O–H groups in total. The van der Waals surface area contributed by atoms with Crippen molar-refractivity contribution >= 4 is 23.5 Å². The molecule has 9 heteroatoms. The Morgan fingerprint density at radius 1 is 1.10 bits per heavy atom. The third-order valence-electron chi connectivity index (χ3n) is 4.13. The van der Waals surface area contributed by atoms with Crippen molar-refractivity contribution in [3.8, 4) is 11.4 Å². The van der Waals surface area contributed by atoms with E-state index in [1.165, 1.54) is 0 Å². The van der Waals surface area contributed by atoms with Gasteiger partial charge in [0.05, 0.1) is 18.6 Å². The van der Waals surface area contributed by atoms with Crippen LogP contribution in [0.15, 0.2) is 47.6 Å². The molecule has 0 aliphatic carbocycles. The number of ether oxygens (including phenoxy) is 2. The average molecular weight is 412 g/mol. The molecule has 1 heterocycles. The number of nitrogens with zero attached hydrogens (tertiary/aromatic N) is 4. The number of Topliss-reactive ketones (excluding diaryl/α,β-unsaturated/α-hetero) is 1. The van der Waals surface area contributed by atoms with Crippen LogP contribution < -0.4 is 4.74 Å². The van der Waals surface area contributed by atoms with E-state index in [4.69, 9.17) is 9.47 Å². The molecular weight excluding hydrogens is 392 g/mol. The maximum absolute atomic E-state index is 12.1. The van der Waals surface area contributed by atoms with Crippen molar-refractivity contribution in [3.05, 3.63) is 59.2 Å². The van der Waals surface area contributed by atoms with E-state index >= 15 is 0 Å². The maximum Gasteiger partial charge on any atom is 0.316 e. The van der Waals surface area contributed by atoms with Gasteiger partial charge in [-0.1, -0.05) is 23.9 Å². The molecule has 3 aromatic rings. The molecule has 0 aliphatic rings. The Kier molecular flexibility index (Phi) is 6.61. The van der Waals surface area contributed by atoms with Gasteiger partial charge in [-0.25, -0.2) is 0 Å². The predicted octanol–water partition coefficient (Wildman–Crippen LogP) is 2.81. The summed E-state index contributed by atoms with van der Waals surface area (Å²) in [6.07, 6.45) is 0. The molecule has 0 spiro atoms. The highest BCUT2D eigenvalue weighted by atomic mass is 32.2. The molecule has 8 nitrogen and oxygen atoms in total. The van der Waals surface area contributed by atoms with Crippen LogP contribution in [-0.2, 0) is 9.53 Å². The molecule has 29 heavy (non-hydrogen) atoms. The van der Waals surface area contributed by atoms with E-state index in [0.717, 1.165) is 28.6 Å². The van der Waals surface area contributed by atoms with Crippen LogP contribution in [0, 0.1) is 13.8 Å². The zero-order chi connectivity index (χ0) is 20.8. The minimum atomic E-state index is -0.521. The molecule has 3 rings (SSSR count). The van der Waals surface area contributed by atoms with Gasteiger partial charge in [0.2, 0.25) is 5.16 Å². The average Bonchev–Trinajstić information content (AvgIpc) is 3.20. The lowest BCUT2D eigenvalue weighted by molar-refractivity contribution is -0.139. The van der Waals surface area contributed by atoms with Crippen LogP contribution in [0.25, 0.3) is 5.69 Å². The third-order valence-corrected chi connectivity index (χ3v) is 5.02. The summed E-state index contributed by atoms with van der Waals surface area (Å²) in [4.78, 5) is 24.2. The number of tetrazole rings is 1. The number of hydrogen-bond donors (Lipinski definition) is 0. The van der Waals surface area contributed by atoms with Gasteiger partial charge in [0.1, 0.15) is 5.75 Å². The second-order valence-electron chi connectivity index (χ2n) is 6.26. The fraction of sp³-hybridized carbons (Fsp3) is 0.250. The highest BCUT2D eigenvalue weighted by Crippen LogP contribution is 2.21. The number of ketones is 1. The molecule has 0 saturated heterocycles. The lowest BCUT2D eigenvalue weighted by Gasteiger charge is -2.08. The zero-order valence-corrected chi connectivity index (χ0v) is 17.1. The van der Waals surface area contributed by atoms with E-state index in [1.54, 1.807) is 36.1 Å². The second kappa shape index (κ2) is 9.33. The number of hydrogen-bond acceptors (Lipinski definition) is 8. The van der Waals surface area contributed by atoms with E-state index < -0.39 is 5.97 Å². The first-order valence-corrected chi connectivity index (χ1v) is 9.78. The van der Waals surface area contributed by atoms with Crippen molar-refractivity contribution in [2.24, 2.45) is 0 Å². The quantitative estimate of drug-likeness (QED) is 0.317. The normalized spacial score (nSPS) is 10.6. The molecule has 0 aliphatic heterocycles. The number of esters is 1. The van der Waals surface area contributed by atoms with E-state index in [1.807, 2.05) is 32.0 Å². The van der Waals surface area contributed by atoms with E-state index in [0.29, 0.717) is 16.5 Å². The number of methoxy groups -OCH3 is 1. The van der Waals surface area contributed by atoms with Gasteiger partial charge in [0, 0.05) is 5.56 Å². The summed E-state index contributed by atoms with van der Waals surface area (Å²) in [5.74, 6) is -0.170.